The fourth-order valence-electron chi connectivity index (χ4n) is 2.19. The van der Waals surface area contributed by atoms with Crippen LogP contribution in [0.4, 0.5) is 0 Å². The van der Waals surface area contributed by atoms with Crippen molar-refractivity contribution in [2.45, 2.75) is 9.10 Å². The molecule has 0 unspecified atom stereocenters. The van der Waals surface area contributed by atoms with Gasteiger partial charge in [-0.15, -0.1) is 15.1 Å². The molecule has 3 aromatic rings. The highest BCUT2D eigenvalue weighted by atomic mass is 35.5. The predicted molar refractivity (Wildman–Crippen MR) is 109 cm³/mol. The molecule has 0 amide bonds. The second-order valence-corrected chi connectivity index (χ2v) is 11.4. The molecule has 0 spiro atoms. The number of esters is 1. The van der Waals surface area contributed by atoms with Gasteiger partial charge in [0.05, 0.1) is 15.3 Å². The van der Waals surface area contributed by atoms with Crippen LogP contribution in [0.25, 0.3) is 0 Å². The fourth-order valence-corrected chi connectivity index (χ4v) is 6.72. The third-order valence-electron chi connectivity index (χ3n) is 3.54. The molecule has 0 saturated carbocycles. The molecule has 0 radical (unpaired) electrons. The molecule has 6 nitrogen and oxygen atoms in total. The smallest absolute Gasteiger partial charge is 0.343 e. The summed E-state index contributed by atoms with van der Waals surface area (Å²) in [6.45, 7) is 0. The lowest BCUT2D eigenvalue weighted by Gasteiger charge is -2.07. The van der Waals surface area contributed by atoms with Crippen LogP contribution in [0.3, 0.4) is 0 Å². The molecule has 1 heterocycles. The number of hydrogen-bond donors (Lipinski definition) is 0. The molecule has 3 rings (SSSR count). The van der Waals surface area contributed by atoms with Crippen molar-refractivity contribution >= 4 is 48.7 Å². The highest BCUT2D eigenvalue weighted by molar-refractivity contribution is 8.03. The van der Waals surface area contributed by atoms with E-state index >= 15 is 0 Å². The summed E-state index contributed by atoms with van der Waals surface area (Å²) in [6.07, 6.45) is 1.24. The molecule has 0 fully saturated rings. The van der Waals surface area contributed by atoms with E-state index in [0.717, 1.165) is 11.3 Å². The van der Waals surface area contributed by atoms with E-state index in [1.807, 2.05) is 0 Å². The summed E-state index contributed by atoms with van der Waals surface area (Å²) in [4.78, 5) is 12.3. The van der Waals surface area contributed by atoms with Crippen molar-refractivity contribution in [3.63, 3.8) is 0 Å². The number of hydrogen-bond acceptors (Lipinski definition) is 6. The predicted octanol–water partition coefficient (Wildman–Crippen LogP) is 4.47. The Kier molecular flexibility index (Phi) is 5.90. The normalized spacial score (nSPS) is 13.5. The van der Waals surface area contributed by atoms with E-state index in [9.17, 15) is 17.4 Å². The number of carbonyl (C=O) groups excluding carboxylic acids is 1. The van der Waals surface area contributed by atoms with Crippen LogP contribution < -0.4 is 4.74 Å². The van der Waals surface area contributed by atoms with Gasteiger partial charge in [-0.2, -0.15) is 8.42 Å². The lowest BCUT2D eigenvalue weighted by Crippen LogP contribution is -2.08. The van der Waals surface area contributed by atoms with Gasteiger partial charge in [0, 0.05) is 16.2 Å². The molecule has 0 N–H and O–H groups in total. The zero-order valence-electron chi connectivity index (χ0n) is 14.4. The zero-order valence-corrected chi connectivity index (χ0v) is 17.6. The van der Waals surface area contributed by atoms with Gasteiger partial charge in [-0.3, -0.25) is 0 Å². The van der Waals surface area contributed by atoms with E-state index in [1.54, 1.807) is 23.6 Å². The molecule has 28 heavy (non-hydrogen) atoms. The number of rotatable bonds is 5. The highest BCUT2D eigenvalue weighted by Gasteiger charge is 2.18. The molecular weight excluding hydrogens is 442 g/mol. The van der Waals surface area contributed by atoms with Crippen molar-refractivity contribution < 1.29 is 22.2 Å². The molecule has 1 aromatic heterocycles. The van der Waals surface area contributed by atoms with Gasteiger partial charge in [-0.1, -0.05) is 17.7 Å². The topological polar surface area (TPSA) is 89.9 Å². The van der Waals surface area contributed by atoms with Crippen LogP contribution in [0.2, 0.25) is 5.02 Å². The number of thiophene rings is 1. The number of ether oxygens (including phenoxy) is 1. The van der Waals surface area contributed by atoms with Crippen LogP contribution in [0.5, 0.6) is 5.75 Å². The third kappa shape index (κ3) is 4.79. The maximum atomic E-state index is 12.8. The van der Waals surface area contributed by atoms with Crippen molar-refractivity contribution in [3.05, 3.63) is 76.6 Å². The molecule has 0 aliphatic carbocycles. The average Bonchev–Trinajstić information content (AvgIpc) is 3.17. The summed E-state index contributed by atoms with van der Waals surface area (Å²) in [5.74, 6) is -0.355. The van der Waals surface area contributed by atoms with Crippen LogP contribution in [0.1, 0.15) is 10.4 Å². The number of carbonyl (C=O) groups is 1. The largest absolute Gasteiger partial charge is 0.423 e. The summed E-state index contributed by atoms with van der Waals surface area (Å²) in [7, 11) is -7.23. The quantitative estimate of drug-likeness (QED) is 0.418. The first-order valence-corrected chi connectivity index (χ1v) is 12.4. The highest BCUT2D eigenvalue weighted by Crippen LogP contribution is 2.24. The van der Waals surface area contributed by atoms with Crippen LogP contribution in [0.15, 0.2) is 78.9 Å². The summed E-state index contributed by atoms with van der Waals surface area (Å²) in [5.41, 5.74) is 0.324. The number of halogens is 1. The lowest BCUT2D eigenvalue weighted by atomic mass is 10.2. The molecule has 0 aliphatic heterocycles. The van der Waals surface area contributed by atoms with Gasteiger partial charge in [0.15, 0.2) is 0 Å². The third-order valence-corrected chi connectivity index (χ3v) is 9.09. The number of benzene rings is 2. The minimum absolute atomic E-state index is 0.0237. The van der Waals surface area contributed by atoms with Crippen molar-refractivity contribution in [3.8, 4) is 5.75 Å². The van der Waals surface area contributed by atoms with Gasteiger partial charge in [0.25, 0.3) is 10.0 Å². The monoisotopic (exact) mass is 455 g/mol. The van der Waals surface area contributed by atoms with Gasteiger partial charge < -0.3 is 4.74 Å². The van der Waals surface area contributed by atoms with Crippen LogP contribution in [-0.2, 0) is 19.8 Å². The van der Waals surface area contributed by atoms with E-state index in [0.29, 0.717) is 10.6 Å². The summed E-state index contributed by atoms with van der Waals surface area (Å²) in [5, 5.41) is 2.10. The van der Waals surface area contributed by atoms with Gasteiger partial charge in [0.2, 0.25) is 0 Å². The van der Waals surface area contributed by atoms with Gasteiger partial charge >= 0.3 is 5.97 Å². The first-order chi connectivity index (χ1) is 13.2. The zero-order chi connectivity index (χ0) is 20.4. The maximum absolute atomic E-state index is 12.8. The first kappa shape index (κ1) is 20.5. The van der Waals surface area contributed by atoms with Crippen molar-refractivity contribution in [2.24, 2.45) is 3.77 Å². The molecule has 0 bridgehead atoms. The Balaban J connectivity index is 1.82. The Labute approximate surface area is 172 Å². The summed E-state index contributed by atoms with van der Waals surface area (Å²) >= 11 is 6.79. The Morgan fingerprint density at radius 1 is 1.00 bits per heavy atom. The molecule has 2 aromatic carbocycles. The second kappa shape index (κ2) is 8.04. The molecular formula is C18H14ClNO5S3. The molecule has 0 aliphatic rings. The Morgan fingerprint density at radius 2 is 1.64 bits per heavy atom. The van der Waals surface area contributed by atoms with Crippen molar-refractivity contribution in [2.75, 3.05) is 6.26 Å². The summed E-state index contributed by atoms with van der Waals surface area (Å²) < 4.78 is 46.2. The molecule has 0 saturated heterocycles. The van der Waals surface area contributed by atoms with Crippen molar-refractivity contribution in [1.82, 2.24) is 0 Å². The maximum Gasteiger partial charge on any atom is 0.343 e. The van der Waals surface area contributed by atoms with Gasteiger partial charge in [0.1, 0.15) is 9.96 Å². The average molecular weight is 456 g/mol. The van der Waals surface area contributed by atoms with Gasteiger partial charge in [-0.05, 0) is 60.0 Å². The van der Waals surface area contributed by atoms with Crippen LogP contribution in [0, 0.1) is 0 Å². The molecule has 10 heteroatoms. The SMILES string of the molecule is C[S@@](=O)(=NS(=O)(=O)c1cccs1)c1ccc(OC(=O)c2ccc(Cl)cc2)cc1. The van der Waals surface area contributed by atoms with Crippen molar-refractivity contribution in [1.29, 1.82) is 0 Å². The Morgan fingerprint density at radius 3 is 2.21 bits per heavy atom. The van der Waals surface area contributed by atoms with Gasteiger partial charge in [-0.25, -0.2) is 9.00 Å². The van der Waals surface area contributed by atoms with Crippen LogP contribution >= 0.6 is 22.9 Å². The van der Waals surface area contributed by atoms with E-state index in [4.69, 9.17) is 16.3 Å². The first-order valence-electron chi connectivity index (χ1n) is 7.77. The minimum Gasteiger partial charge on any atom is -0.423 e. The standard InChI is InChI=1S/C18H14ClNO5S3/c1-27(22,20-28(23,24)17-3-2-12-26-17)16-10-8-15(9-11-16)25-18(21)13-4-6-14(19)7-5-13/h2-12H,1H3/t27-/m0/s1. The number of nitrogens with zero attached hydrogens (tertiary/aromatic N) is 1. The molecule has 1 atom stereocenters. The lowest BCUT2D eigenvalue weighted by molar-refractivity contribution is 0.0734. The molecule has 146 valence electrons. The second-order valence-electron chi connectivity index (χ2n) is 5.65. The van der Waals surface area contributed by atoms with E-state index in [2.05, 4.69) is 3.77 Å². The summed E-state index contributed by atoms with van der Waals surface area (Å²) in [6, 6.07) is 14.9. The van der Waals surface area contributed by atoms with E-state index in [1.165, 1.54) is 48.7 Å². The van der Waals surface area contributed by atoms with E-state index < -0.39 is 25.7 Å². The minimum atomic E-state index is -4.02. The van der Waals surface area contributed by atoms with E-state index in [-0.39, 0.29) is 14.9 Å². The Bertz CT molecular complexity index is 1210. The van der Waals surface area contributed by atoms with Crippen LogP contribution in [-0.4, -0.2) is 24.9 Å². The number of sulfonamides is 1. The fraction of sp³-hybridized carbons (Fsp3) is 0.0556. The Hall–Kier alpha value is -2.20.